The molecule has 2 nitrogen and oxygen atoms in total. The van der Waals surface area contributed by atoms with Crippen molar-refractivity contribution < 1.29 is 0 Å². The SMILES string of the molecule is CCn1c2ccccc2c2ccc(C(C)(C)c3cc4c5ccccc5n5c6ccccc6c(c3)c45)cc21. The molecular weight excluding hydrogens is 448 g/mol. The van der Waals surface area contributed by atoms with E-state index in [1.165, 1.54) is 71.0 Å². The molecule has 3 heterocycles. The summed E-state index contributed by atoms with van der Waals surface area (Å²) in [6, 6.07) is 38.5. The van der Waals surface area contributed by atoms with Crippen LogP contribution in [0.2, 0.25) is 0 Å². The second-order valence-corrected chi connectivity index (χ2v) is 10.9. The summed E-state index contributed by atoms with van der Waals surface area (Å²) in [6.45, 7) is 7.95. The third kappa shape index (κ3) is 2.60. The highest BCUT2D eigenvalue weighted by Crippen LogP contribution is 2.43. The molecule has 37 heavy (non-hydrogen) atoms. The van der Waals surface area contributed by atoms with E-state index in [1.807, 2.05) is 0 Å². The molecule has 5 aromatic carbocycles. The number of benzene rings is 5. The molecule has 0 unspecified atom stereocenters. The van der Waals surface area contributed by atoms with Crippen molar-refractivity contribution >= 4 is 59.9 Å². The summed E-state index contributed by atoms with van der Waals surface area (Å²) >= 11 is 0. The summed E-state index contributed by atoms with van der Waals surface area (Å²) in [5.74, 6) is 0. The van der Waals surface area contributed by atoms with Gasteiger partial charge in [-0.25, -0.2) is 0 Å². The van der Waals surface area contributed by atoms with Crippen molar-refractivity contribution in [3.05, 3.63) is 114 Å². The smallest absolute Gasteiger partial charge is 0.0620 e. The van der Waals surface area contributed by atoms with Crippen LogP contribution in [-0.2, 0) is 12.0 Å². The lowest BCUT2D eigenvalue weighted by molar-refractivity contribution is 0.643. The maximum absolute atomic E-state index is 2.46. The summed E-state index contributed by atoms with van der Waals surface area (Å²) < 4.78 is 4.91. The van der Waals surface area contributed by atoms with Crippen LogP contribution in [0.5, 0.6) is 0 Å². The lowest BCUT2D eigenvalue weighted by atomic mass is 9.77. The normalized spacial score (nSPS) is 12.8. The highest BCUT2D eigenvalue weighted by atomic mass is 15.0. The molecule has 0 aliphatic carbocycles. The zero-order chi connectivity index (χ0) is 24.9. The first-order chi connectivity index (χ1) is 18.1. The molecule has 0 aliphatic heterocycles. The number of para-hydroxylation sites is 3. The first-order valence-electron chi connectivity index (χ1n) is 13.3. The minimum atomic E-state index is -0.158. The maximum Gasteiger partial charge on any atom is 0.0620 e. The molecule has 0 radical (unpaired) electrons. The van der Waals surface area contributed by atoms with E-state index in [9.17, 15) is 0 Å². The Morgan fingerprint density at radius 2 is 1.03 bits per heavy atom. The lowest BCUT2D eigenvalue weighted by Crippen LogP contribution is -2.19. The van der Waals surface area contributed by atoms with E-state index in [4.69, 9.17) is 0 Å². The van der Waals surface area contributed by atoms with E-state index in [-0.39, 0.29) is 5.41 Å². The Balaban J connectivity index is 1.43. The predicted molar refractivity (Wildman–Crippen MR) is 158 cm³/mol. The van der Waals surface area contributed by atoms with Gasteiger partial charge in [-0.3, -0.25) is 0 Å². The topological polar surface area (TPSA) is 9.34 Å². The molecule has 0 N–H and O–H groups in total. The first-order valence-corrected chi connectivity index (χ1v) is 13.3. The van der Waals surface area contributed by atoms with Gasteiger partial charge in [0.2, 0.25) is 0 Å². The number of rotatable bonds is 3. The largest absolute Gasteiger partial charge is 0.341 e. The van der Waals surface area contributed by atoms with Crippen LogP contribution in [-0.4, -0.2) is 8.97 Å². The van der Waals surface area contributed by atoms with Gasteiger partial charge in [0.25, 0.3) is 0 Å². The average molecular weight is 477 g/mol. The fraction of sp³-hybridized carbons (Fsp3) is 0.143. The number of hydrogen-bond donors (Lipinski definition) is 0. The number of nitrogens with zero attached hydrogens (tertiary/aromatic N) is 2. The zero-order valence-corrected chi connectivity index (χ0v) is 21.4. The fourth-order valence-corrected chi connectivity index (χ4v) is 6.76. The third-order valence-electron chi connectivity index (χ3n) is 8.74. The van der Waals surface area contributed by atoms with Gasteiger partial charge in [0.1, 0.15) is 0 Å². The standard InChI is InChI=1S/C35H28N2/c1-4-36-30-14-8-5-11-24(30)27-18-17-22(21-33(27)36)35(2,3)23-19-28-25-12-6-9-15-31(25)37-32-16-10-7-13-26(32)29(20-23)34(28)37/h5-21H,4H2,1-3H3. The molecule has 0 amide bonds. The quantitative estimate of drug-likeness (QED) is 0.240. The Morgan fingerprint density at radius 1 is 0.514 bits per heavy atom. The second kappa shape index (κ2) is 7.14. The van der Waals surface area contributed by atoms with Crippen molar-refractivity contribution in [1.82, 2.24) is 8.97 Å². The molecule has 3 aromatic heterocycles. The molecule has 178 valence electrons. The highest BCUT2D eigenvalue weighted by molar-refractivity contribution is 6.23. The Morgan fingerprint density at radius 3 is 1.62 bits per heavy atom. The van der Waals surface area contributed by atoms with Crippen LogP contribution in [0, 0.1) is 0 Å². The van der Waals surface area contributed by atoms with E-state index >= 15 is 0 Å². The Hall–Kier alpha value is -4.30. The third-order valence-corrected chi connectivity index (χ3v) is 8.74. The van der Waals surface area contributed by atoms with Crippen LogP contribution in [0.1, 0.15) is 31.9 Å². The summed E-state index contributed by atoms with van der Waals surface area (Å²) in [6.07, 6.45) is 0. The van der Waals surface area contributed by atoms with E-state index in [2.05, 4.69) is 133 Å². The summed E-state index contributed by atoms with van der Waals surface area (Å²) in [5.41, 5.74) is 9.08. The van der Waals surface area contributed by atoms with Gasteiger partial charge in [0.05, 0.1) is 16.6 Å². The number of aryl methyl sites for hydroxylation is 1. The van der Waals surface area contributed by atoms with Crippen molar-refractivity contribution in [3.63, 3.8) is 0 Å². The molecule has 0 aliphatic rings. The van der Waals surface area contributed by atoms with E-state index in [1.54, 1.807) is 0 Å². The molecule has 0 atom stereocenters. The fourth-order valence-electron chi connectivity index (χ4n) is 6.76. The Bertz CT molecular complexity index is 2070. The lowest BCUT2D eigenvalue weighted by Gasteiger charge is -2.27. The molecule has 0 saturated heterocycles. The average Bonchev–Trinajstić information content (AvgIpc) is 3.57. The van der Waals surface area contributed by atoms with Crippen LogP contribution in [0.15, 0.2) is 103 Å². The van der Waals surface area contributed by atoms with Gasteiger partial charge in [-0.1, -0.05) is 80.6 Å². The van der Waals surface area contributed by atoms with Gasteiger partial charge in [-0.15, -0.1) is 0 Å². The van der Waals surface area contributed by atoms with E-state index in [0.717, 1.165) is 6.54 Å². The van der Waals surface area contributed by atoms with Crippen LogP contribution < -0.4 is 0 Å². The summed E-state index contributed by atoms with van der Waals surface area (Å²) in [7, 11) is 0. The van der Waals surface area contributed by atoms with E-state index < -0.39 is 0 Å². The van der Waals surface area contributed by atoms with Crippen LogP contribution in [0.4, 0.5) is 0 Å². The Kier molecular flexibility index (Phi) is 4.02. The van der Waals surface area contributed by atoms with Gasteiger partial charge >= 0.3 is 0 Å². The van der Waals surface area contributed by atoms with Crippen molar-refractivity contribution in [3.8, 4) is 0 Å². The van der Waals surface area contributed by atoms with Crippen LogP contribution in [0.3, 0.4) is 0 Å². The van der Waals surface area contributed by atoms with E-state index in [0.29, 0.717) is 0 Å². The minimum Gasteiger partial charge on any atom is -0.341 e. The van der Waals surface area contributed by atoms with Gasteiger partial charge < -0.3 is 8.97 Å². The Labute approximate surface area is 215 Å². The van der Waals surface area contributed by atoms with Crippen molar-refractivity contribution in [1.29, 1.82) is 0 Å². The molecule has 8 aromatic rings. The molecule has 0 spiro atoms. The van der Waals surface area contributed by atoms with Gasteiger partial charge in [-0.2, -0.15) is 0 Å². The highest BCUT2D eigenvalue weighted by Gasteiger charge is 2.27. The molecule has 2 heteroatoms. The monoisotopic (exact) mass is 476 g/mol. The summed E-state index contributed by atoms with van der Waals surface area (Å²) in [5, 5.41) is 8.01. The number of hydrogen-bond acceptors (Lipinski definition) is 0. The molecule has 0 bridgehead atoms. The second-order valence-electron chi connectivity index (χ2n) is 10.9. The van der Waals surface area contributed by atoms with Crippen LogP contribution in [0.25, 0.3) is 59.9 Å². The van der Waals surface area contributed by atoms with Gasteiger partial charge in [0, 0.05) is 55.3 Å². The van der Waals surface area contributed by atoms with Gasteiger partial charge in [0.15, 0.2) is 0 Å². The van der Waals surface area contributed by atoms with Crippen molar-refractivity contribution in [2.75, 3.05) is 0 Å². The van der Waals surface area contributed by atoms with Crippen molar-refractivity contribution in [2.45, 2.75) is 32.7 Å². The van der Waals surface area contributed by atoms with Crippen LogP contribution >= 0.6 is 0 Å². The summed E-state index contributed by atoms with van der Waals surface area (Å²) in [4.78, 5) is 0. The molecule has 8 rings (SSSR count). The predicted octanol–water partition coefficient (Wildman–Crippen LogP) is 9.29. The van der Waals surface area contributed by atoms with Crippen molar-refractivity contribution in [2.24, 2.45) is 0 Å². The number of aromatic nitrogens is 2. The molecular formula is C35H28N2. The first kappa shape index (κ1) is 20.8. The minimum absolute atomic E-state index is 0.158. The maximum atomic E-state index is 2.46. The molecule has 0 saturated carbocycles. The molecule has 0 fully saturated rings. The number of fused-ring (bicyclic) bond motifs is 9. The van der Waals surface area contributed by atoms with Gasteiger partial charge in [-0.05, 0) is 54.4 Å². The zero-order valence-electron chi connectivity index (χ0n) is 21.4.